The Morgan fingerprint density at radius 3 is 1.60 bits per heavy atom. The van der Waals surface area contributed by atoms with Gasteiger partial charge in [0.05, 0.1) is 10.8 Å². The van der Waals surface area contributed by atoms with Gasteiger partial charge >= 0.3 is 0 Å². The third-order valence-corrected chi connectivity index (χ3v) is 14.9. The normalized spacial score (nSPS) is 19.8. The first kappa shape index (κ1) is 33.9. The Bertz CT molecular complexity index is 1150. The summed E-state index contributed by atoms with van der Waals surface area (Å²) < 4.78 is 16.1. The largest absolute Gasteiger partial charge is 0.242 e. The molecule has 2 aromatic carbocycles. The van der Waals surface area contributed by atoms with Crippen LogP contribution in [0.15, 0.2) is 42.5 Å². The van der Waals surface area contributed by atoms with Gasteiger partial charge in [0.25, 0.3) is 0 Å². The molecule has 0 bridgehead atoms. The molecule has 2 saturated carbocycles. The summed E-state index contributed by atoms with van der Waals surface area (Å²) in [5, 5.41) is 1.60. The van der Waals surface area contributed by atoms with Gasteiger partial charge in [-0.1, -0.05) is 130 Å². The summed E-state index contributed by atoms with van der Waals surface area (Å²) in [4.78, 5) is 0. The first-order chi connectivity index (χ1) is 19.6. The van der Waals surface area contributed by atoms with Gasteiger partial charge in [0.15, 0.2) is 0 Å². The van der Waals surface area contributed by atoms with Gasteiger partial charge in [-0.15, -0.1) is 0 Å². The molecule has 0 heterocycles. The molecule has 2 aliphatic rings. The highest BCUT2D eigenvalue weighted by Crippen LogP contribution is 2.56. The van der Waals surface area contributed by atoms with Crippen molar-refractivity contribution in [1.29, 1.82) is 0 Å². The van der Waals surface area contributed by atoms with Crippen LogP contribution in [0, 0.1) is 0 Å². The van der Waals surface area contributed by atoms with E-state index < -0.39 is 11.0 Å². The highest BCUT2D eigenvalue weighted by molar-refractivity contribution is 7.84. The van der Waals surface area contributed by atoms with Crippen LogP contribution >= 0.6 is 7.92 Å². The summed E-state index contributed by atoms with van der Waals surface area (Å²) in [6.45, 7) is 20.3. The molecule has 0 N–H and O–H groups in total. The lowest BCUT2D eigenvalue weighted by atomic mass is 9.78. The van der Waals surface area contributed by atoms with Gasteiger partial charge in [0, 0.05) is 7.05 Å². The lowest BCUT2D eigenvalue weighted by Gasteiger charge is -2.41. The van der Waals surface area contributed by atoms with Crippen molar-refractivity contribution in [1.82, 2.24) is 4.31 Å². The van der Waals surface area contributed by atoms with Crippen LogP contribution in [0.2, 0.25) is 0 Å². The predicted octanol–water partition coefficient (Wildman–Crippen LogP) is 10.5. The van der Waals surface area contributed by atoms with E-state index in [9.17, 15) is 4.21 Å². The lowest BCUT2D eigenvalue weighted by Crippen LogP contribution is -2.40. The van der Waals surface area contributed by atoms with Crippen molar-refractivity contribution in [3.63, 3.8) is 0 Å². The smallest absolute Gasteiger partial charge is 0.100 e. The van der Waals surface area contributed by atoms with Crippen LogP contribution in [-0.2, 0) is 21.8 Å². The van der Waals surface area contributed by atoms with Gasteiger partial charge in [-0.2, -0.15) is 0 Å². The van der Waals surface area contributed by atoms with E-state index >= 15 is 0 Å². The molecule has 42 heavy (non-hydrogen) atoms. The van der Waals surface area contributed by atoms with Gasteiger partial charge in [-0.25, -0.2) is 8.51 Å². The van der Waals surface area contributed by atoms with Crippen LogP contribution in [0.5, 0.6) is 0 Å². The zero-order valence-corrected chi connectivity index (χ0v) is 30.3. The molecule has 0 spiro atoms. The number of nitrogens with zero attached hydrogens (tertiary/aromatic N) is 1. The second-order valence-electron chi connectivity index (χ2n) is 16.2. The van der Waals surface area contributed by atoms with E-state index in [1.165, 1.54) is 86.5 Å². The van der Waals surface area contributed by atoms with Gasteiger partial charge in [0.2, 0.25) is 0 Å². The molecule has 0 saturated heterocycles. The molecule has 2 nitrogen and oxygen atoms in total. The molecule has 2 aliphatic carbocycles. The van der Waals surface area contributed by atoms with Crippen molar-refractivity contribution in [3.8, 4) is 0 Å². The maximum absolute atomic E-state index is 14.2. The van der Waals surface area contributed by atoms with Crippen LogP contribution in [0.1, 0.15) is 155 Å². The minimum absolute atomic E-state index is 0.0264. The topological polar surface area (TPSA) is 20.3 Å². The Labute approximate surface area is 263 Å². The fourth-order valence-corrected chi connectivity index (χ4v) is 12.4. The lowest BCUT2D eigenvalue weighted by molar-refractivity contribution is 0.438. The van der Waals surface area contributed by atoms with E-state index in [0.717, 1.165) is 11.3 Å². The van der Waals surface area contributed by atoms with Crippen LogP contribution in [-0.4, -0.2) is 31.6 Å². The molecular weight excluding hydrogens is 549 g/mol. The molecule has 0 amide bonds. The molecular formula is C38H60NOPS. The van der Waals surface area contributed by atoms with Gasteiger partial charge in [-0.3, -0.25) is 0 Å². The average Bonchev–Trinajstić information content (AvgIpc) is 2.93. The molecule has 1 unspecified atom stereocenters. The van der Waals surface area contributed by atoms with E-state index in [0.29, 0.717) is 0 Å². The standard InChI is InChI=1S/C38H60NOPS/c1-36(2,3)29-25-28(26-30(27-29)37(4,5)6)35(39(10)42(40)38(7,8)9)33-23-17-18-24-34(33)41(31-19-13-11-14-20-31)32-21-15-12-16-22-32/h17-18,23-27,31-32,35H,11-16,19-22H2,1-10H3/t35-,42?/m0/s1. The van der Waals surface area contributed by atoms with Crippen LogP contribution < -0.4 is 5.30 Å². The monoisotopic (exact) mass is 609 g/mol. The fourth-order valence-electron chi connectivity index (χ4n) is 7.15. The van der Waals surface area contributed by atoms with Gasteiger partial charge in [-0.05, 0) is 96.2 Å². The highest BCUT2D eigenvalue weighted by atomic mass is 32.2. The maximum atomic E-state index is 14.2. The zero-order valence-electron chi connectivity index (χ0n) is 28.6. The third-order valence-electron chi connectivity index (χ3n) is 9.60. The van der Waals surface area contributed by atoms with Crippen LogP contribution in [0.3, 0.4) is 0 Å². The van der Waals surface area contributed by atoms with Crippen molar-refractivity contribution in [2.24, 2.45) is 0 Å². The molecule has 0 aromatic heterocycles. The molecule has 4 rings (SSSR count). The van der Waals surface area contributed by atoms with Crippen molar-refractivity contribution >= 4 is 24.2 Å². The molecule has 0 radical (unpaired) electrons. The Morgan fingerprint density at radius 1 is 0.714 bits per heavy atom. The second kappa shape index (κ2) is 13.5. The summed E-state index contributed by atoms with van der Waals surface area (Å²) in [6.07, 6.45) is 13.9. The number of rotatable bonds is 7. The van der Waals surface area contributed by atoms with E-state index in [2.05, 4.69) is 116 Å². The molecule has 2 fully saturated rings. The Morgan fingerprint density at radius 2 is 1.17 bits per heavy atom. The summed E-state index contributed by atoms with van der Waals surface area (Å²) in [6, 6.07) is 16.7. The van der Waals surface area contributed by atoms with Crippen molar-refractivity contribution in [2.75, 3.05) is 7.05 Å². The Hall–Kier alpha value is -1.02. The summed E-state index contributed by atoms with van der Waals surface area (Å²) >= 11 is 0. The number of hydrogen-bond acceptors (Lipinski definition) is 1. The second-order valence-corrected chi connectivity index (χ2v) is 21.3. The molecule has 2 aromatic rings. The minimum Gasteiger partial charge on any atom is -0.242 e. The van der Waals surface area contributed by atoms with E-state index in [4.69, 9.17) is 0 Å². The zero-order chi connectivity index (χ0) is 30.9. The fraction of sp³-hybridized carbons (Fsp3) is 0.684. The maximum Gasteiger partial charge on any atom is 0.100 e. The molecule has 0 aliphatic heterocycles. The van der Waals surface area contributed by atoms with Gasteiger partial charge in [0.1, 0.15) is 11.0 Å². The van der Waals surface area contributed by atoms with Crippen molar-refractivity contribution < 1.29 is 4.21 Å². The van der Waals surface area contributed by atoms with Crippen molar-refractivity contribution in [2.45, 2.75) is 159 Å². The SMILES string of the molecule is CN([C@@H](c1cc(C(C)(C)C)cc(C(C)(C)C)c1)c1ccccc1P(C1CCCCC1)C1CCCCC1)S(=O)C(C)(C)C. The first-order valence-electron chi connectivity index (χ1n) is 16.8. The number of hydrogen-bond donors (Lipinski definition) is 0. The minimum atomic E-state index is -1.16. The Kier molecular flexibility index (Phi) is 10.9. The number of benzene rings is 2. The van der Waals surface area contributed by atoms with Crippen LogP contribution in [0.4, 0.5) is 0 Å². The van der Waals surface area contributed by atoms with E-state index in [-0.39, 0.29) is 29.5 Å². The van der Waals surface area contributed by atoms with E-state index in [1.807, 2.05) is 0 Å². The summed E-state index contributed by atoms with van der Waals surface area (Å²) in [5.74, 6) is 0. The summed E-state index contributed by atoms with van der Waals surface area (Å²) in [7, 11) is 0.665. The van der Waals surface area contributed by atoms with Crippen LogP contribution in [0.25, 0.3) is 0 Å². The first-order valence-corrected chi connectivity index (χ1v) is 19.4. The van der Waals surface area contributed by atoms with E-state index in [1.54, 1.807) is 5.30 Å². The van der Waals surface area contributed by atoms with Crippen molar-refractivity contribution in [3.05, 3.63) is 64.7 Å². The summed E-state index contributed by atoms with van der Waals surface area (Å²) in [5.41, 5.74) is 7.13. The molecule has 2 atom stereocenters. The average molecular weight is 610 g/mol. The Balaban J connectivity index is 1.97. The molecule has 4 heteroatoms. The predicted molar refractivity (Wildman–Crippen MR) is 188 cm³/mol. The van der Waals surface area contributed by atoms with Gasteiger partial charge < -0.3 is 0 Å². The highest BCUT2D eigenvalue weighted by Gasteiger charge is 2.38. The molecule has 234 valence electrons. The quantitative estimate of drug-likeness (QED) is 0.286. The third kappa shape index (κ3) is 7.97.